The molecule has 1 unspecified atom stereocenters. The van der Waals surface area contributed by atoms with E-state index in [0.717, 1.165) is 25.9 Å². The van der Waals surface area contributed by atoms with Gasteiger partial charge < -0.3 is 9.64 Å². The summed E-state index contributed by atoms with van der Waals surface area (Å²) in [5.41, 5.74) is 3.07. The van der Waals surface area contributed by atoms with Crippen molar-refractivity contribution in [2.75, 3.05) is 13.1 Å². The van der Waals surface area contributed by atoms with E-state index < -0.39 is 5.60 Å². The molecule has 1 aromatic rings. The minimum atomic E-state index is -0.418. The fraction of sp³-hybridized carbons (Fsp3) is 0.696. The van der Waals surface area contributed by atoms with E-state index in [1.165, 1.54) is 24.0 Å². The second-order valence-corrected chi connectivity index (χ2v) is 10.3. The number of nitrogens with zero attached hydrogens (tertiary/aromatic N) is 1. The van der Waals surface area contributed by atoms with E-state index in [4.69, 9.17) is 4.74 Å². The lowest BCUT2D eigenvalue weighted by atomic mass is 9.53. The Morgan fingerprint density at radius 1 is 1.08 bits per heavy atom. The molecule has 1 aromatic carbocycles. The Hall–Kier alpha value is -1.51. The summed E-state index contributed by atoms with van der Waals surface area (Å²) >= 11 is 0. The summed E-state index contributed by atoms with van der Waals surface area (Å²) in [6, 6.07) is 9.20. The second kappa shape index (κ2) is 6.58. The Kier molecular flexibility index (Phi) is 4.87. The molecule has 1 aliphatic heterocycles. The highest BCUT2D eigenvalue weighted by molar-refractivity contribution is 5.68. The van der Waals surface area contributed by atoms with Crippen LogP contribution in [0.5, 0.6) is 0 Å². The number of amides is 1. The van der Waals surface area contributed by atoms with Crippen LogP contribution in [0.2, 0.25) is 0 Å². The van der Waals surface area contributed by atoms with E-state index in [1.54, 1.807) is 0 Å². The van der Waals surface area contributed by atoms with Crippen LogP contribution in [0.3, 0.4) is 0 Å². The molecule has 1 heterocycles. The topological polar surface area (TPSA) is 29.5 Å². The molecule has 3 rings (SSSR count). The van der Waals surface area contributed by atoms with Crippen LogP contribution in [0, 0.1) is 5.41 Å². The van der Waals surface area contributed by atoms with Crippen molar-refractivity contribution in [3.63, 3.8) is 0 Å². The largest absolute Gasteiger partial charge is 0.444 e. The number of piperidine rings is 1. The fourth-order valence-electron chi connectivity index (χ4n) is 4.50. The van der Waals surface area contributed by atoms with Gasteiger partial charge in [0.1, 0.15) is 5.60 Å². The molecule has 26 heavy (non-hydrogen) atoms. The van der Waals surface area contributed by atoms with Gasteiger partial charge in [-0.3, -0.25) is 0 Å². The summed E-state index contributed by atoms with van der Waals surface area (Å²) in [5.74, 6) is 0.644. The Bertz CT molecular complexity index is 658. The van der Waals surface area contributed by atoms with Crippen LogP contribution in [0.1, 0.15) is 84.3 Å². The molecular weight excluding hydrogens is 322 g/mol. The Balaban J connectivity index is 1.67. The first-order chi connectivity index (χ1) is 12.0. The maximum atomic E-state index is 12.3. The van der Waals surface area contributed by atoms with Crippen molar-refractivity contribution in [3.05, 3.63) is 35.4 Å². The third-order valence-electron chi connectivity index (χ3n) is 6.24. The van der Waals surface area contributed by atoms with Crippen molar-refractivity contribution in [2.45, 2.75) is 84.2 Å². The summed E-state index contributed by atoms with van der Waals surface area (Å²) in [4.78, 5) is 14.2. The summed E-state index contributed by atoms with van der Waals surface area (Å²) < 4.78 is 5.55. The van der Waals surface area contributed by atoms with E-state index in [9.17, 15) is 4.79 Å². The molecule has 2 aliphatic rings. The monoisotopic (exact) mass is 357 g/mol. The van der Waals surface area contributed by atoms with Crippen molar-refractivity contribution < 1.29 is 9.53 Å². The average molecular weight is 358 g/mol. The molecule has 0 aromatic heterocycles. The summed E-state index contributed by atoms with van der Waals surface area (Å²) in [5, 5.41) is 0. The lowest BCUT2D eigenvalue weighted by molar-refractivity contribution is -0.0166. The number of ether oxygens (including phenoxy) is 1. The maximum absolute atomic E-state index is 12.3. The molecule has 0 bridgehead atoms. The predicted octanol–water partition coefficient (Wildman–Crippen LogP) is 5.88. The van der Waals surface area contributed by atoms with Gasteiger partial charge in [-0.2, -0.15) is 0 Å². The van der Waals surface area contributed by atoms with Crippen LogP contribution < -0.4 is 0 Å². The number of carbonyl (C=O) groups excluding carboxylic acids is 1. The van der Waals surface area contributed by atoms with Crippen molar-refractivity contribution >= 4 is 6.09 Å². The number of hydrogen-bond donors (Lipinski definition) is 0. The summed E-state index contributed by atoms with van der Waals surface area (Å²) in [7, 11) is 0. The van der Waals surface area contributed by atoms with E-state index in [1.807, 2.05) is 25.7 Å². The zero-order chi connectivity index (χ0) is 19.2. The molecule has 3 heteroatoms. The predicted molar refractivity (Wildman–Crippen MR) is 107 cm³/mol. The first-order valence-electron chi connectivity index (χ1n) is 10.1. The molecule has 0 radical (unpaired) electrons. The molecular formula is C23H35NO2. The lowest BCUT2D eigenvalue weighted by Crippen LogP contribution is -2.50. The number of hydrogen-bond acceptors (Lipinski definition) is 2. The molecule has 144 valence electrons. The van der Waals surface area contributed by atoms with Crippen LogP contribution in [0.25, 0.3) is 0 Å². The molecule has 2 fully saturated rings. The summed E-state index contributed by atoms with van der Waals surface area (Å²) in [6.45, 7) is 14.3. The molecule has 1 aliphatic carbocycles. The van der Waals surface area contributed by atoms with E-state index >= 15 is 0 Å². The Labute approximate surface area is 159 Å². The maximum Gasteiger partial charge on any atom is 0.410 e. The third-order valence-corrected chi connectivity index (χ3v) is 6.24. The van der Waals surface area contributed by atoms with Crippen LogP contribution in [0.15, 0.2) is 24.3 Å². The van der Waals surface area contributed by atoms with Gasteiger partial charge in [-0.1, -0.05) is 45.0 Å². The van der Waals surface area contributed by atoms with Crippen LogP contribution in [-0.2, 0) is 10.2 Å². The zero-order valence-corrected chi connectivity index (χ0v) is 17.4. The number of carbonyl (C=O) groups is 1. The Morgan fingerprint density at radius 3 is 2.23 bits per heavy atom. The average Bonchev–Trinajstić information content (AvgIpc) is 2.52. The highest BCUT2D eigenvalue weighted by Gasteiger charge is 2.49. The van der Waals surface area contributed by atoms with Crippen molar-refractivity contribution in [3.8, 4) is 0 Å². The fourth-order valence-corrected chi connectivity index (χ4v) is 4.50. The quantitative estimate of drug-likeness (QED) is 0.628. The van der Waals surface area contributed by atoms with Crippen molar-refractivity contribution in [2.24, 2.45) is 5.41 Å². The molecule has 1 amide bonds. The SMILES string of the molecule is CC(C)(C)OC(=O)N1CCC2(CCC2c2cccc(C(C)(C)C)c2)CC1. The van der Waals surface area contributed by atoms with Crippen LogP contribution in [0.4, 0.5) is 4.79 Å². The molecule has 1 saturated heterocycles. The molecule has 1 saturated carbocycles. The summed E-state index contributed by atoms with van der Waals surface area (Å²) in [6.07, 6.45) is 4.60. The molecule has 1 spiro atoms. The van der Waals surface area contributed by atoms with Gasteiger partial charge in [0, 0.05) is 13.1 Å². The smallest absolute Gasteiger partial charge is 0.410 e. The minimum absolute atomic E-state index is 0.155. The van der Waals surface area contributed by atoms with Gasteiger partial charge in [0.2, 0.25) is 0 Å². The highest BCUT2D eigenvalue weighted by Crippen LogP contribution is 2.58. The van der Waals surface area contributed by atoms with Crippen molar-refractivity contribution in [1.82, 2.24) is 4.90 Å². The molecule has 3 nitrogen and oxygen atoms in total. The number of rotatable bonds is 1. The highest BCUT2D eigenvalue weighted by atomic mass is 16.6. The van der Waals surface area contributed by atoms with Gasteiger partial charge in [-0.25, -0.2) is 4.79 Å². The van der Waals surface area contributed by atoms with Gasteiger partial charge in [-0.15, -0.1) is 0 Å². The van der Waals surface area contributed by atoms with Gasteiger partial charge in [-0.05, 0) is 74.3 Å². The standard InChI is InChI=1S/C23H35NO2/c1-21(2,3)18-9-7-8-17(16-18)19-10-11-23(19)12-14-24(15-13-23)20(25)26-22(4,5)6/h7-9,16,19H,10-15H2,1-6H3. The Morgan fingerprint density at radius 2 is 1.73 bits per heavy atom. The zero-order valence-electron chi connectivity index (χ0n) is 17.4. The third kappa shape index (κ3) is 3.92. The normalized spacial score (nSPS) is 22.8. The van der Waals surface area contributed by atoms with E-state index in [-0.39, 0.29) is 11.5 Å². The van der Waals surface area contributed by atoms with Gasteiger partial charge in [0.15, 0.2) is 0 Å². The second-order valence-electron chi connectivity index (χ2n) is 10.3. The van der Waals surface area contributed by atoms with Crippen LogP contribution >= 0.6 is 0 Å². The molecule has 1 atom stereocenters. The van der Waals surface area contributed by atoms with Gasteiger partial charge >= 0.3 is 6.09 Å². The van der Waals surface area contributed by atoms with E-state index in [2.05, 4.69) is 45.0 Å². The first-order valence-corrected chi connectivity index (χ1v) is 10.1. The number of likely N-dealkylation sites (tertiary alicyclic amines) is 1. The van der Waals surface area contributed by atoms with E-state index in [0.29, 0.717) is 11.3 Å². The minimum Gasteiger partial charge on any atom is -0.444 e. The van der Waals surface area contributed by atoms with Crippen molar-refractivity contribution in [1.29, 1.82) is 0 Å². The van der Waals surface area contributed by atoms with Gasteiger partial charge in [0.25, 0.3) is 0 Å². The number of benzene rings is 1. The molecule has 0 N–H and O–H groups in total. The van der Waals surface area contributed by atoms with Crippen LogP contribution in [-0.4, -0.2) is 29.7 Å². The van der Waals surface area contributed by atoms with Gasteiger partial charge in [0.05, 0.1) is 0 Å². The first kappa shape index (κ1) is 19.3. The lowest BCUT2D eigenvalue weighted by Gasteiger charge is -2.54.